The number of H-pyrrole nitrogens is 1. The van der Waals surface area contributed by atoms with Gasteiger partial charge in [0.15, 0.2) is 0 Å². The van der Waals surface area contributed by atoms with E-state index >= 15 is 0 Å². The van der Waals surface area contributed by atoms with E-state index in [2.05, 4.69) is 9.97 Å². The lowest BCUT2D eigenvalue weighted by Crippen LogP contribution is -2.25. The third kappa shape index (κ3) is 2.87. The highest BCUT2D eigenvalue weighted by molar-refractivity contribution is 5.75. The zero-order chi connectivity index (χ0) is 13.0. The molecule has 0 saturated heterocycles. The number of para-hydroxylation sites is 2. The molecular formula is C13H17N3O2. The average molecular weight is 247 g/mol. The van der Waals surface area contributed by atoms with Gasteiger partial charge in [-0.2, -0.15) is 0 Å². The summed E-state index contributed by atoms with van der Waals surface area (Å²) in [7, 11) is 3.10. The first-order chi connectivity index (χ1) is 8.70. The van der Waals surface area contributed by atoms with Gasteiger partial charge in [0.25, 0.3) is 0 Å². The maximum Gasteiger partial charge on any atom is 0.245 e. The van der Waals surface area contributed by atoms with Crippen LogP contribution >= 0.6 is 0 Å². The van der Waals surface area contributed by atoms with Crippen LogP contribution in [-0.2, 0) is 16.1 Å². The Labute approximate surface area is 106 Å². The lowest BCUT2D eigenvalue weighted by molar-refractivity contribution is -0.168. The van der Waals surface area contributed by atoms with Gasteiger partial charge in [-0.15, -0.1) is 0 Å². The van der Waals surface area contributed by atoms with Crippen molar-refractivity contribution in [1.82, 2.24) is 15.0 Å². The van der Waals surface area contributed by atoms with Gasteiger partial charge in [-0.25, -0.2) is 10.0 Å². The fourth-order valence-electron chi connectivity index (χ4n) is 1.79. The second kappa shape index (κ2) is 5.64. The lowest BCUT2D eigenvalue weighted by atomic mass is 10.2. The molecule has 1 amide bonds. The monoisotopic (exact) mass is 247 g/mol. The van der Waals surface area contributed by atoms with Crippen molar-refractivity contribution >= 4 is 16.9 Å². The van der Waals surface area contributed by atoms with Crippen molar-refractivity contribution in [2.24, 2.45) is 0 Å². The van der Waals surface area contributed by atoms with Gasteiger partial charge >= 0.3 is 0 Å². The normalized spacial score (nSPS) is 10.8. The number of hydrogen-bond donors (Lipinski definition) is 1. The highest BCUT2D eigenvalue weighted by Gasteiger charge is 2.08. The zero-order valence-electron chi connectivity index (χ0n) is 10.6. The molecule has 1 aromatic carbocycles. The molecule has 0 fully saturated rings. The number of aromatic amines is 1. The van der Waals surface area contributed by atoms with Crippen LogP contribution in [0.2, 0.25) is 0 Å². The Hall–Kier alpha value is -1.88. The highest BCUT2D eigenvalue weighted by atomic mass is 16.7. The molecule has 0 radical (unpaired) electrons. The predicted octanol–water partition coefficient (Wildman–Crippen LogP) is 1.91. The van der Waals surface area contributed by atoms with Crippen molar-refractivity contribution in [2.75, 3.05) is 14.2 Å². The van der Waals surface area contributed by atoms with Crippen molar-refractivity contribution < 1.29 is 9.63 Å². The number of amides is 1. The van der Waals surface area contributed by atoms with E-state index in [4.69, 9.17) is 4.84 Å². The maximum atomic E-state index is 11.5. The number of hydroxylamine groups is 2. The summed E-state index contributed by atoms with van der Waals surface area (Å²) >= 11 is 0. The number of benzene rings is 1. The predicted molar refractivity (Wildman–Crippen MR) is 68.8 cm³/mol. The van der Waals surface area contributed by atoms with Crippen LogP contribution < -0.4 is 0 Å². The number of carbonyl (C=O) groups is 1. The van der Waals surface area contributed by atoms with Gasteiger partial charge in [0.2, 0.25) is 5.91 Å². The summed E-state index contributed by atoms with van der Waals surface area (Å²) in [6.07, 6.45) is 1.98. The number of hydrogen-bond acceptors (Lipinski definition) is 3. The molecule has 2 rings (SSSR count). The highest BCUT2D eigenvalue weighted by Crippen LogP contribution is 2.12. The van der Waals surface area contributed by atoms with E-state index in [1.165, 1.54) is 12.2 Å². The summed E-state index contributed by atoms with van der Waals surface area (Å²) in [5.41, 5.74) is 2.00. The Morgan fingerprint density at radius 3 is 2.94 bits per heavy atom. The van der Waals surface area contributed by atoms with Crippen molar-refractivity contribution in [2.45, 2.75) is 19.3 Å². The summed E-state index contributed by atoms with van der Waals surface area (Å²) in [6, 6.07) is 7.90. The number of nitrogens with zero attached hydrogens (tertiary/aromatic N) is 2. The first-order valence-electron chi connectivity index (χ1n) is 5.95. The van der Waals surface area contributed by atoms with Crippen LogP contribution in [0.4, 0.5) is 0 Å². The number of nitrogens with one attached hydrogen (secondary N) is 1. The fourth-order valence-corrected chi connectivity index (χ4v) is 1.79. The second-order valence-electron chi connectivity index (χ2n) is 4.13. The van der Waals surface area contributed by atoms with E-state index < -0.39 is 0 Å². The minimum atomic E-state index is -0.0198. The van der Waals surface area contributed by atoms with Crippen LogP contribution in [0.3, 0.4) is 0 Å². The van der Waals surface area contributed by atoms with Crippen LogP contribution in [0.1, 0.15) is 18.7 Å². The average Bonchev–Trinajstić information content (AvgIpc) is 2.80. The molecule has 0 saturated carbocycles. The second-order valence-corrected chi connectivity index (χ2v) is 4.13. The summed E-state index contributed by atoms with van der Waals surface area (Å²) in [6.45, 7) is 0. The van der Waals surface area contributed by atoms with Crippen molar-refractivity contribution in [3.63, 3.8) is 0 Å². The van der Waals surface area contributed by atoms with Gasteiger partial charge in [0.1, 0.15) is 5.82 Å². The smallest absolute Gasteiger partial charge is 0.245 e. The molecular weight excluding hydrogens is 230 g/mol. The lowest BCUT2D eigenvalue weighted by Gasteiger charge is -2.12. The Morgan fingerprint density at radius 2 is 2.22 bits per heavy atom. The zero-order valence-corrected chi connectivity index (χ0v) is 10.6. The Balaban J connectivity index is 1.89. The molecule has 0 aliphatic heterocycles. The molecule has 96 valence electrons. The molecule has 5 heteroatoms. The SMILES string of the molecule is CON(C)C(=O)CCCc1nc2ccccc2[nH]1. The topological polar surface area (TPSA) is 58.2 Å². The first-order valence-corrected chi connectivity index (χ1v) is 5.95. The van der Waals surface area contributed by atoms with E-state index in [9.17, 15) is 4.79 Å². The number of imidazole rings is 1. The van der Waals surface area contributed by atoms with Crippen molar-refractivity contribution in [3.05, 3.63) is 30.1 Å². The molecule has 18 heavy (non-hydrogen) atoms. The van der Waals surface area contributed by atoms with Crippen LogP contribution in [0.25, 0.3) is 11.0 Å². The van der Waals surface area contributed by atoms with Crippen molar-refractivity contribution in [3.8, 4) is 0 Å². The number of carbonyl (C=O) groups excluding carboxylic acids is 1. The van der Waals surface area contributed by atoms with Gasteiger partial charge in [-0.1, -0.05) is 12.1 Å². The number of fused-ring (bicyclic) bond motifs is 1. The number of rotatable bonds is 5. The fraction of sp³-hybridized carbons (Fsp3) is 0.385. The quantitative estimate of drug-likeness (QED) is 0.821. The van der Waals surface area contributed by atoms with Gasteiger partial charge in [-0.05, 0) is 18.6 Å². The largest absolute Gasteiger partial charge is 0.342 e. The van der Waals surface area contributed by atoms with Crippen LogP contribution in [-0.4, -0.2) is 35.1 Å². The van der Waals surface area contributed by atoms with E-state index in [0.717, 1.165) is 29.7 Å². The van der Waals surface area contributed by atoms with Crippen LogP contribution in [0.15, 0.2) is 24.3 Å². The van der Waals surface area contributed by atoms with Gasteiger partial charge < -0.3 is 4.98 Å². The Morgan fingerprint density at radius 1 is 1.44 bits per heavy atom. The summed E-state index contributed by atoms with van der Waals surface area (Å²) < 4.78 is 0. The minimum Gasteiger partial charge on any atom is -0.342 e. The molecule has 0 bridgehead atoms. The maximum absolute atomic E-state index is 11.5. The standard InChI is InChI=1S/C13H17N3O2/c1-16(18-2)13(17)9-5-8-12-14-10-6-3-4-7-11(10)15-12/h3-4,6-7H,5,8-9H2,1-2H3,(H,14,15). The summed E-state index contributed by atoms with van der Waals surface area (Å²) in [5, 5.41) is 1.25. The molecule has 0 aliphatic carbocycles. The molecule has 1 heterocycles. The van der Waals surface area contributed by atoms with Crippen LogP contribution in [0, 0.1) is 0 Å². The molecule has 0 unspecified atom stereocenters. The van der Waals surface area contributed by atoms with Gasteiger partial charge in [-0.3, -0.25) is 9.63 Å². The van der Waals surface area contributed by atoms with E-state index in [-0.39, 0.29) is 5.91 Å². The summed E-state index contributed by atoms with van der Waals surface area (Å²) in [5.74, 6) is 0.901. The molecule has 2 aromatic rings. The Bertz CT molecular complexity index is 503. The number of aryl methyl sites for hydroxylation is 1. The molecule has 0 atom stereocenters. The molecule has 5 nitrogen and oxygen atoms in total. The summed E-state index contributed by atoms with van der Waals surface area (Å²) in [4.78, 5) is 24.0. The van der Waals surface area contributed by atoms with E-state index in [1.54, 1.807) is 7.05 Å². The van der Waals surface area contributed by atoms with Crippen molar-refractivity contribution in [1.29, 1.82) is 0 Å². The van der Waals surface area contributed by atoms with Gasteiger partial charge in [0, 0.05) is 19.9 Å². The van der Waals surface area contributed by atoms with E-state index in [1.807, 2.05) is 24.3 Å². The van der Waals surface area contributed by atoms with Gasteiger partial charge in [0.05, 0.1) is 18.1 Å². The third-order valence-corrected chi connectivity index (χ3v) is 2.87. The van der Waals surface area contributed by atoms with Crippen LogP contribution in [0.5, 0.6) is 0 Å². The number of aromatic nitrogens is 2. The Kier molecular flexibility index (Phi) is 3.94. The third-order valence-electron chi connectivity index (χ3n) is 2.87. The molecule has 1 N–H and O–H groups in total. The molecule has 1 aromatic heterocycles. The first kappa shape index (κ1) is 12.6. The van der Waals surface area contributed by atoms with E-state index in [0.29, 0.717) is 6.42 Å². The molecule has 0 spiro atoms. The molecule has 0 aliphatic rings. The minimum absolute atomic E-state index is 0.0198.